The van der Waals surface area contributed by atoms with E-state index in [1.165, 1.54) is 6.33 Å². The fourth-order valence-corrected chi connectivity index (χ4v) is 1.62. The third kappa shape index (κ3) is 4.36. The smallest absolute Gasteiger partial charge is 0.225 e. The number of carbonyl (C=O) groups excluding carboxylic acids is 1. The molecule has 0 radical (unpaired) electrons. The molecule has 7 nitrogen and oxygen atoms in total. The first-order valence-corrected chi connectivity index (χ1v) is 6.33. The zero-order valence-corrected chi connectivity index (χ0v) is 11.0. The van der Waals surface area contributed by atoms with Crippen LogP contribution >= 0.6 is 0 Å². The maximum Gasteiger partial charge on any atom is 0.225 e. The molecule has 7 heteroatoms. The van der Waals surface area contributed by atoms with Crippen LogP contribution in [0.2, 0.25) is 0 Å². The predicted molar refractivity (Wildman–Crippen MR) is 74.3 cm³/mol. The molecule has 0 unspecified atom stereocenters. The highest BCUT2D eigenvalue weighted by Crippen LogP contribution is 2.17. The number of nitrogens with zero attached hydrogens (tertiary/aromatic N) is 3. The lowest BCUT2D eigenvalue weighted by Gasteiger charge is -2.09. The van der Waals surface area contributed by atoms with Crippen molar-refractivity contribution in [2.24, 2.45) is 5.73 Å². The Hall–Kier alpha value is -2.41. The van der Waals surface area contributed by atoms with Crippen molar-refractivity contribution in [1.82, 2.24) is 14.8 Å². The Bertz CT molecular complexity index is 541. The number of carbonyl (C=O) groups is 1. The molecule has 0 fully saturated rings. The second-order valence-corrected chi connectivity index (χ2v) is 4.12. The standard InChI is InChI=1S/C13H17N5O2/c14-5-4-13(19)17-11-2-1-3-12(8-11)20-7-6-18-10-15-9-16-18/h1-3,8-10H,4-7,14H2,(H,17,19). The third-order valence-electron chi connectivity index (χ3n) is 2.54. The molecule has 0 aliphatic carbocycles. The minimum atomic E-state index is -0.104. The Balaban J connectivity index is 1.84. The summed E-state index contributed by atoms with van der Waals surface area (Å²) in [7, 11) is 0. The van der Waals surface area contributed by atoms with Gasteiger partial charge < -0.3 is 15.8 Å². The van der Waals surface area contributed by atoms with Crippen LogP contribution in [-0.2, 0) is 11.3 Å². The van der Waals surface area contributed by atoms with Gasteiger partial charge in [0.25, 0.3) is 0 Å². The maximum absolute atomic E-state index is 11.4. The van der Waals surface area contributed by atoms with Gasteiger partial charge in [-0.2, -0.15) is 5.10 Å². The molecule has 0 aliphatic heterocycles. The van der Waals surface area contributed by atoms with Gasteiger partial charge in [0.2, 0.25) is 5.91 Å². The van der Waals surface area contributed by atoms with Gasteiger partial charge >= 0.3 is 0 Å². The number of rotatable bonds is 7. The van der Waals surface area contributed by atoms with E-state index in [0.717, 1.165) is 0 Å². The molecule has 2 rings (SSSR count). The quantitative estimate of drug-likeness (QED) is 0.773. The number of hydrogen-bond acceptors (Lipinski definition) is 5. The van der Waals surface area contributed by atoms with Crippen molar-refractivity contribution >= 4 is 11.6 Å². The first-order valence-electron chi connectivity index (χ1n) is 6.33. The molecule has 1 aromatic carbocycles. The van der Waals surface area contributed by atoms with Crippen LogP contribution in [0, 0.1) is 0 Å². The molecule has 0 aliphatic rings. The van der Waals surface area contributed by atoms with Crippen molar-refractivity contribution in [3.63, 3.8) is 0 Å². The van der Waals surface area contributed by atoms with E-state index in [9.17, 15) is 4.79 Å². The van der Waals surface area contributed by atoms with Crippen molar-refractivity contribution in [2.45, 2.75) is 13.0 Å². The molecule has 1 aromatic heterocycles. The van der Waals surface area contributed by atoms with E-state index in [-0.39, 0.29) is 5.91 Å². The minimum absolute atomic E-state index is 0.104. The first-order chi connectivity index (χ1) is 9.78. The summed E-state index contributed by atoms with van der Waals surface area (Å²) < 4.78 is 7.28. The zero-order valence-electron chi connectivity index (χ0n) is 11.0. The summed E-state index contributed by atoms with van der Waals surface area (Å²) in [6, 6.07) is 7.23. The molecule has 0 spiro atoms. The maximum atomic E-state index is 11.4. The van der Waals surface area contributed by atoms with E-state index >= 15 is 0 Å². The van der Waals surface area contributed by atoms with Gasteiger partial charge in [0.05, 0.1) is 6.54 Å². The lowest BCUT2D eigenvalue weighted by atomic mass is 10.3. The fourth-order valence-electron chi connectivity index (χ4n) is 1.62. The molecule has 0 saturated carbocycles. The molecule has 2 aromatic rings. The van der Waals surface area contributed by atoms with Gasteiger partial charge in [-0.05, 0) is 12.1 Å². The van der Waals surface area contributed by atoms with Crippen LogP contribution in [0.1, 0.15) is 6.42 Å². The van der Waals surface area contributed by atoms with Crippen molar-refractivity contribution in [2.75, 3.05) is 18.5 Å². The lowest BCUT2D eigenvalue weighted by Crippen LogP contribution is -2.16. The highest BCUT2D eigenvalue weighted by atomic mass is 16.5. The minimum Gasteiger partial charge on any atom is -0.492 e. The zero-order chi connectivity index (χ0) is 14.2. The van der Waals surface area contributed by atoms with Crippen molar-refractivity contribution in [3.8, 4) is 5.75 Å². The van der Waals surface area contributed by atoms with Gasteiger partial charge in [-0.3, -0.25) is 4.79 Å². The molecule has 20 heavy (non-hydrogen) atoms. The highest BCUT2D eigenvalue weighted by molar-refractivity contribution is 5.90. The van der Waals surface area contributed by atoms with Crippen LogP contribution in [0.25, 0.3) is 0 Å². The summed E-state index contributed by atoms with van der Waals surface area (Å²) in [5.74, 6) is 0.586. The molecule has 0 bridgehead atoms. The summed E-state index contributed by atoms with van der Waals surface area (Å²) in [4.78, 5) is 15.3. The van der Waals surface area contributed by atoms with Gasteiger partial charge in [0, 0.05) is 24.7 Å². The molecular formula is C13H17N5O2. The van der Waals surface area contributed by atoms with E-state index in [4.69, 9.17) is 10.5 Å². The van der Waals surface area contributed by atoms with Gasteiger partial charge in [-0.25, -0.2) is 9.67 Å². The van der Waals surface area contributed by atoms with Gasteiger partial charge in [-0.1, -0.05) is 6.07 Å². The lowest BCUT2D eigenvalue weighted by molar-refractivity contribution is -0.116. The van der Waals surface area contributed by atoms with Gasteiger partial charge in [0.15, 0.2) is 0 Å². The summed E-state index contributed by atoms with van der Waals surface area (Å²) >= 11 is 0. The summed E-state index contributed by atoms with van der Waals surface area (Å²) in [6.45, 7) is 1.42. The number of benzene rings is 1. The Kier molecular flexibility index (Phi) is 5.08. The monoisotopic (exact) mass is 275 g/mol. The summed E-state index contributed by atoms with van der Waals surface area (Å²) in [5.41, 5.74) is 6.02. The molecule has 1 heterocycles. The highest BCUT2D eigenvalue weighted by Gasteiger charge is 2.02. The predicted octanol–water partition coefficient (Wildman–Crippen LogP) is 0.644. The first kappa shape index (κ1) is 14.0. The van der Waals surface area contributed by atoms with E-state index in [1.807, 2.05) is 12.1 Å². The van der Waals surface area contributed by atoms with Crippen molar-refractivity contribution in [3.05, 3.63) is 36.9 Å². The summed E-state index contributed by atoms with van der Waals surface area (Å²) in [5, 5.41) is 6.74. The van der Waals surface area contributed by atoms with Crippen LogP contribution < -0.4 is 15.8 Å². The van der Waals surface area contributed by atoms with Crippen LogP contribution in [0.4, 0.5) is 5.69 Å². The fraction of sp³-hybridized carbons (Fsp3) is 0.308. The SMILES string of the molecule is NCCC(=O)Nc1cccc(OCCn2cncn2)c1. The molecule has 0 atom stereocenters. The van der Waals surface area contributed by atoms with Crippen molar-refractivity contribution < 1.29 is 9.53 Å². The second kappa shape index (κ2) is 7.25. The Labute approximate surface area is 116 Å². The Morgan fingerprint density at radius 1 is 1.45 bits per heavy atom. The van der Waals surface area contributed by atoms with E-state index in [0.29, 0.717) is 37.6 Å². The van der Waals surface area contributed by atoms with Crippen LogP contribution in [0.15, 0.2) is 36.9 Å². The largest absolute Gasteiger partial charge is 0.492 e. The number of amides is 1. The molecular weight excluding hydrogens is 258 g/mol. The number of nitrogens with one attached hydrogen (secondary N) is 1. The number of ether oxygens (including phenoxy) is 1. The molecule has 1 amide bonds. The summed E-state index contributed by atoms with van der Waals surface area (Å²) in [6.07, 6.45) is 3.41. The molecule has 0 saturated heterocycles. The second-order valence-electron chi connectivity index (χ2n) is 4.12. The van der Waals surface area contributed by atoms with Crippen LogP contribution in [-0.4, -0.2) is 33.8 Å². The number of nitrogens with two attached hydrogens (primary N) is 1. The van der Waals surface area contributed by atoms with Crippen LogP contribution in [0.5, 0.6) is 5.75 Å². The van der Waals surface area contributed by atoms with E-state index in [2.05, 4.69) is 15.4 Å². The Morgan fingerprint density at radius 3 is 3.10 bits per heavy atom. The Morgan fingerprint density at radius 2 is 2.35 bits per heavy atom. The van der Waals surface area contributed by atoms with Gasteiger partial charge in [0.1, 0.15) is 25.0 Å². The normalized spacial score (nSPS) is 10.2. The van der Waals surface area contributed by atoms with Crippen LogP contribution in [0.3, 0.4) is 0 Å². The third-order valence-corrected chi connectivity index (χ3v) is 2.54. The van der Waals surface area contributed by atoms with E-state index in [1.54, 1.807) is 23.1 Å². The van der Waals surface area contributed by atoms with E-state index < -0.39 is 0 Å². The average molecular weight is 275 g/mol. The number of anilines is 1. The topological polar surface area (TPSA) is 95.1 Å². The van der Waals surface area contributed by atoms with Gasteiger partial charge in [-0.15, -0.1) is 0 Å². The number of aromatic nitrogens is 3. The van der Waals surface area contributed by atoms with Crippen molar-refractivity contribution in [1.29, 1.82) is 0 Å². The molecule has 3 N–H and O–H groups in total. The number of hydrogen-bond donors (Lipinski definition) is 2. The molecule has 106 valence electrons. The average Bonchev–Trinajstić information content (AvgIpc) is 2.92.